The van der Waals surface area contributed by atoms with Crippen molar-refractivity contribution in [1.29, 1.82) is 0 Å². The topological polar surface area (TPSA) is 127 Å². The zero-order chi connectivity index (χ0) is 17.4. The second-order valence-electron chi connectivity index (χ2n) is 5.70. The quantitative estimate of drug-likeness (QED) is 0.505. The summed E-state index contributed by atoms with van der Waals surface area (Å²) >= 11 is 0. The molecule has 0 fully saturated rings. The molecule has 0 aliphatic rings. The third-order valence-corrected chi connectivity index (χ3v) is 3.41. The van der Waals surface area contributed by atoms with Gasteiger partial charge < -0.3 is 22.1 Å². The summed E-state index contributed by atoms with van der Waals surface area (Å²) in [7, 11) is 0. The van der Waals surface area contributed by atoms with Crippen LogP contribution in [0.5, 0.6) is 0 Å². The molecule has 0 heterocycles. The predicted molar refractivity (Wildman–Crippen MR) is 87.1 cm³/mol. The minimum Gasteiger partial charge on any atom is -0.368 e. The molecule has 0 spiro atoms. The minimum absolute atomic E-state index is 0.0329. The van der Waals surface area contributed by atoms with Crippen LogP contribution in [0.4, 0.5) is 0 Å². The van der Waals surface area contributed by atoms with E-state index in [9.17, 15) is 14.4 Å². The summed E-state index contributed by atoms with van der Waals surface area (Å²) in [5.74, 6) is -1.57. The van der Waals surface area contributed by atoms with Crippen LogP contribution in [0.15, 0.2) is 30.3 Å². The second kappa shape index (κ2) is 8.89. The van der Waals surface area contributed by atoms with Gasteiger partial charge in [-0.2, -0.15) is 0 Å². The lowest BCUT2D eigenvalue weighted by Crippen LogP contribution is -2.51. The van der Waals surface area contributed by atoms with Gasteiger partial charge in [0, 0.05) is 6.42 Å². The average molecular weight is 320 g/mol. The van der Waals surface area contributed by atoms with E-state index in [1.165, 1.54) is 0 Å². The van der Waals surface area contributed by atoms with E-state index in [1.54, 1.807) is 0 Å². The summed E-state index contributed by atoms with van der Waals surface area (Å²) in [6.07, 6.45) is 0.293. The van der Waals surface area contributed by atoms with Crippen LogP contribution < -0.4 is 22.1 Å². The first kappa shape index (κ1) is 18.6. The summed E-state index contributed by atoms with van der Waals surface area (Å²) in [5, 5.41) is 4.96. The molecule has 1 aromatic rings. The normalized spacial score (nSPS) is 13.2. The number of primary amides is 1. The lowest BCUT2D eigenvalue weighted by molar-refractivity contribution is -0.129. The zero-order valence-corrected chi connectivity index (χ0v) is 13.4. The Kier molecular flexibility index (Phi) is 7.21. The minimum atomic E-state index is -0.833. The smallest absolute Gasteiger partial charge is 0.240 e. The number of rotatable bonds is 8. The van der Waals surface area contributed by atoms with Crippen LogP contribution in [-0.4, -0.2) is 36.3 Å². The van der Waals surface area contributed by atoms with Crippen molar-refractivity contribution in [3.63, 3.8) is 0 Å². The van der Waals surface area contributed by atoms with Gasteiger partial charge in [-0.15, -0.1) is 0 Å². The Morgan fingerprint density at radius 1 is 1.13 bits per heavy atom. The number of benzene rings is 1. The molecule has 2 atom stereocenters. The van der Waals surface area contributed by atoms with E-state index in [4.69, 9.17) is 11.5 Å². The third-order valence-electron chi connectivity index (χ3n) is 3.41. The highest BCUT2D eigenvalue weighted by Crippen LogP contribution is 2.03. The standard InChI is InChI=1S/C16H24N4O3/c1-10(2)14(17)16(23)19-9-13(21)20-12(15(18)22)8-11-6-4-3-5-7-11/h3-7,10,12,14H,8-9,17H2,1-2H3,(H2,18,22)(H,19,23)(H,20,21)/t12?,14-/m0/s1. The van der Waals surface area contributed by atoms with Gasteiger partial charge >= 0.3 is 0 Å². The Labute approximate surface area is 135 Å². The Bertz CT molecular complexity index is 546. The molecule has 0 saturated carbocycles. The van der Waals surface area contributed by atoms with E-state index >= 15 is 0 Å². The SMILES string of the molecule is CC(C)[C@H](N)C(=O)NCC(=O)NC(Cc1ccccc1)C(N)=O. The van der Waals surface area contributed by atoms with Crippen molar-refractivity contribution < 1.29 is 14.4 Å². The molecular weight excluding hydrogens is 296 g/mol. The number of amides is 3. The van der Waals surface area contributed by atoms with Crippen LogP contribution in [0.1, 0.15) is 19.4 Å². The number of nitrogens with one attached hydrogen (secondary N) is 2. The first-order valence-electron chi connectivity index (χ1n) is 7.47. The third kappa shape index (κ3) is 6.48. The van der Waals surface area contributed by atoms with Gasteiger partial charge in [0.2, 0.25) is 17.7 Å². The molecule has 126 valence electrons. The molecule has 1 aromatic carbocycles. The fourth-order valence-electron chi connectivity index (χ4n) is 1.91. The van der Waals surface area contributed by atoms with E-state index < -0.39 is 29.8 Å². The fraction of sp³-hybridized carbons (Fsp3) is 0.438. The number of carbonyl (C=O) groups is 3. The highest BCUT2D eigenvalue weighted by Gasteiger charge is 2.21. The molecule has 0 aromatic heterocycles. The number of nitrogens with two attached hydrogens (primary N) is 2. The van der Waals surface area contributed by atoms with Gasteiger partial charge in [0.15, 0.2) is 0 Å². The Morgan fingerprint density at radius 2 is 1.74 bits per heavy atom. The molecule has 1 unspecified atom stereocenters. The number of hydrogen-bond acceptors (Lipinski definition) is 4. The van der Waals surface area contributed by atoms with Gasteiger partial charge in [0.1, 0.15) is 6.04 Å². The predicted octanol–water partition coefficient (Wildman–Crippen LogP) is -0.701. The molecule has 0 radical (unpaired) electrons. The lowest BCUT2D eigenvalue weighted by atomic mass is 10.0. The van der Waals surface area contributed by atoms with Crippen LogP contribution in [0.3, 0.4) is 0 Å². The van der Waals surface area contributed by atoms with Gasteiger partial charge in [-0.25, -0.2) is 0 Å². The molecule has 23 heavy (non-hydrogen) atoms. The monoisotopic (exact) mass is 320 g/mol. The summed E-state index contributed by atoms with van der Waals surface area (Å²) in [6.45, 7) is 3.37. The number of hydrogen-bond donors (Lipinski definition) is 4. The van der Waals surface area contributed by atoms with Crippen molar-refractivity contribution in [2.45, 2.75) is 32.4 Å². The Morgan fingerprint density at radius 3 is 2.26 bits per heavy atom. The van der Waals surface area contributed by atoms with Gasteiger partial charge in [-0.3, -0.25) is 14.4 Å². The van der Waals surface area contributed by atoms with Crippen molar-refractivity contribution in [2.75, 3.05) is 6.54 Å². The maximum absolute atomic E-state index is 11.9. The first-order valence-corrected chi connectivity index (χ1v) is 7.47. The van der Waals surface area contributed by atoms with Crippen LogP contribution in [-0.2, 0) is 20.8 Å². The average Bonchev–Trinajstić information content (AvgIpc) is 2.52. The van der Waals surface area contributed by atoms with Crippen molar-refractivity contribution in [3.05, 3.63) is 35.9 Å². The summed E-state index contributed by atoms with van der Waals surface area (Å²) in [5.41, 5.74) is 11.9. The highest BCUT2D eigenvalue weighted by atomic mass is 16.2. The summed E-state index contributed by atoms with van der Waals surface area (Å²) in [6, 6.07) is 7.69. The van der Waals surface area contributed by atoms with Gasteiger partial charge in [-0.05, 0) is 11.5 Å². The first-order chi connectivity index (χ1) is 10.8. The van der Waals surface area contributed by atoms with E-state index in [2.05, 4.69) is 10.6 Å². The molecule has 0 bridgehead atoms. The van der Waals surface area contributed by atoms with Crippen LogP contribution in [0.25, 0.3) is 0 Å². The molecule has 1 rings (SSSR count). The molecular formula is C16H24N4O3. The summed E-state index contributed by atoms with van der Waals surface area (Å²) in [4.78, 5) is 35.0. The van der Waals surface area contributed by atoms with Crippen molar-refractivity contribution in [3.8, 4) is 0 Å². The molecule has 0 saturated heterocycles. The van der Waals surface area contributed by atoms with E-state index in [0.29, 0.717) is 6.42 Å². The van der Waals surface area contributed by atoms with Gasteiger partial charge in [0.05, 0.1) is 12.6 Å². The molecule has 3 amide bonds. The largest absolute Gasteiger partial charge is 0.368 e. The van der Waals surface area contributed by atoms with E-state index in [0.717, 1.165) is 5.56 Å². The van der Waals surface area contributed by atoms with Gasteiger partial charge in [0.25, 0.3) is 0 Å². The van der Waals surface area contributed by atoms with E-state index in [1.807, 2.05) is 44.2 Å². The Balaban J connectivity index is 2.52. The zero-order valence-electron chi connectivity index (χ0n) is 13.4. The molecule has 7 heteroatoms. The highest BCUT2D eigenvalue weighted by molar-refractivity contribution is 5.90. The second-order valence-corrected chi connectivity index (χ2v) is 5.70. The van der Waals surface area contributed by atoms with Crippen LogP contribution in [0, 0.1) is 5.92 Å². The molecule has 0 aliphatic carbocycles. The number of carbonyl (C=O) groups excluding carboxylic acids is 3. The maximum atomic E-state index is 11.9. The van der Waals surface area contributed by atoms with Crippen molar-refractivity contribution in [2.24, 2.45) is 17.4 Å². The fourth-order valence-corrected chi connectivity index (χ4v) is 1.91. The van der Waals surface area contributed by atoms with Gasteiger partial charge in [-0.1, -0.05) is 44.2 Å². The molecule has 0 aliphatic heterocycles. The molecule has 6 N–H and O–H groups in total. The summed E-state index contributed by atoms with van der Waals surface area (Å²) < 4.78 is 0. The maximum Gasteiger partial charge on any atom is 0.240 e. The van der Waals surface area contributed by atoms with E-state index in [-0.39, 0.29) is 12.5 Å². The van der Waals surface area contributed by atoms with Crippen LogP contribution >= 0.6 is 0 Å². The Hall–Kier alpha value is -2.41. The van der Waals surface area contributed by atoms with Crippen molar-refractivity contribution >= 4 is 17.7 Å². The van der Waals surface area contributed by atoms with Crippen molar-refractivity contribution in [1.82, 2.24) is 10.6 Å². The van der Waals surface area contributed by atoms with Crippen LogP contribution in [0.2, 0.25) is 0 Å². The lowest BCUT2D eigenvalue weighted by Gasteiger charge is -2.18. The molecule has 7 nitrogen and oxygen atoms in total.